The molecule has 0 bridgehead atoms. The van der Waals surface area contributed by atoms with Gasteiger partial charge in [0.1, 0.15) is 28.6 Å². The van der Waals surface area contributed by atoms with Crippen molar-refractivity contribution in [1.82, 2.24) is 0 Å². The zero-order valence-electron chi connectivity index (χ0n) is 18.0. The largest absolute Gasteiger partial charge is 0.444 e. The van der Waals surface area contributed by atoms with E-state index in [4.69, 9.17) is 10.5 Å². The Morgan fingerprint density at radius 3 is 2.69 bits per heavy atom. The van der Waals surface area contributed by atoms with Crippen LogP contribution in [0.15, 0.2) is 34.9 Å². The lowest BCUT2D eigenvalue weighted by Crippen LogP contribution is -2.57. The van der Waals surface area contributed by atoms with Gasteiger partial charge >= 0.3 is 0 Å². The molecule has 3 heterocycles. The lowest BCUT2D eigenvalue weighted by Gasteiger charge is -2.47. The van der Waals surface area contributed by atoms with Gasteiger partial charge in [-0.1, -0.05) is 19.8 Å². The van der Waals surface area contributed by atoms with E-state index in [1.807, 2.05) is 4.90 Å². The number of rotatable bonds is 0. The van der Waals surface area contributed by atoms with Gasteiger partial charge in [0.2, 0.25) is 11.8 Å². The molecule has 6 nitrogen and oxygen atoms in total. The van der Waals surface area contributed by atoms with Crippen LogP contribution in [0.2, 0.25) is 0 Å². The van der Waals surface area contributed by atoms with E-state index in [1.54, 1.807) is 0 Å². The molecule has 164 valence electrons. The topological polar surface area (TPSA) is 96.4 Å². The zero-order valence-corrected chi connectivity index (χ0v) is 18.0. The molecule has 0 aromatic heterocycles. The summed E-state index contributed by atoms with van der Waals surface area (Å²) in [5, 5.41) is 10.2. The second-order valence-corrected chi connectivity index (χ2v) is 9.85. The number of ketones is 1. The number of benzene rings is 1. The Kier molecular flexibility index (Phi) is 3.80. The first-order valence-corrected chi connectivity index (χ1v) is 11.4. The van der Waals surface area contributed by atoms with Gasteiger partial charge in [-0.05, 0) is 49.3 Å². The van der Waals surface area contributed by atoms with Gasteiger partial charge < -0.3 is 15.4 Å². The highest BCUT2D eigenvalue weighted by atomic mass is 19.1. The summed E-state index contributed by atoms with van der Waals surface area (Å²) in [6.07, 6.45) is 5.76. The van der Waals surface area contributed by atoms with E-state index < -0.39 is 11.2 Å². The number of halogens is 1. The Balaban J connectivity index is 1.76. The van der Waals surface area contributed by atoms with Crippen LogP contribution in [-0.2, 0) is 19.7 Å². The summed E-state index contributed by atoms with van der Waals surface area (Å²) in [5.41, 5.74) is 5.97. The van der Waals surface area contributed by atoms with Gasteiger partial charge in [-0.25, -0.2) is 4.39 Å². The molecule has 1 aromatic rings. The Labute approximate surface area is 185 Å². The third-order valence-electron chi connectivity index (χ3n) is 8.19. The maximum absolute atomic E-state index is 15.0. The monoisotopic (exact) mass is 433 g/mol. The highest BCUT2D eigenvalue weighted by molar-refractivity contribution is 6.21. The van der Waals surface area contributed by atoms with Crippen LogP contribution >= 0.6 is 0 Å². The Morgan fingerprint density at radius 1 is 1.22 bits per heavy atom. The van der Waals surface area contributed by atoms with Gasteiger partial charge in [0.25, 0.3) is 0 Å². The number of ether oxygens (including phenoxy) is 1. The van der Waals surface area contributed by atoms with Crippen LogP contribution in [0.5, 0.6) is 0 Å². The smallest absolute Gasteiger partial charge is 0.248 e. The fourth-order valence-corrected chi connectivity index (χ4v) is 7.05. The van der Waals surface area contributed by atoms with Crippen molar-refractivity contribution in [2.75, 3.05) is 4.90 Å². The molecule has 0 unspecified atom stereocenters. The second kappa shape index (κ2) is 6.22. The van der Waals surface area contributed by atoms with E-state index in [1.165, 1.54) is 12.1 Å². The molecule has 6 rings (SSSR count). The number of carbonyl (C=O) groups is 2. The zero-order chi connectivity index (χ0) is 22.4. The fraction of sp³-hybridized carbons (Fsp3) is 0.480. The van der Waals surface area contributed by atoms with Gasteiger partial charge in [0.05, 0.1) is 11.3 Å². The number of nitriles is 1. The number of nitrogens with zero attached hydrogens (tertiary/aromatic N) is 2. The average molecular weight is 433 g/mol. The lowest BCUT2D eigenvalue weighted by molar-refractivity contribution is -0.125. The highest BCUT2D eigenvalue weighted by Crippen LogP contribution is 2.63. The van der Waals surface area contributed by atoms with Crippen molar-refractivity contribution in [2.24, 2.45) is 5.73 Å². The first-order valence-electron chi connectivity index (χ1n) is 11.4. The number of hydrogen-bond acceptors (Lipinski definition) is 5. The quantitative estimate of drug-likeness (QED) is 0.668. The Hall–Kier alpha value is -3.14. The van der Waals surface area contributed by atoms with Gasteiger partial charge in [0.15, 0.2) is 5.78 Å². The van der Waals surface area contributed by atoms with Crippen LogP contribution in [0.3, 0.4) is 0 Å². The number of Topliss-reactive ketones (excluding diaryl/α,β-unsaturated/α-hetero) is 1. The molecule has 1 fully saturated rings. The number of anilines is 1. The van der Waals surface area contributed by atoms with E-state index >= 15 is 4.39 Å². The molecule has 3 aliphatic heterocycles. The molecule has 7 heteroatoms. The molecule has 5 aliphatic rings. The predicted octanol–water partition coefficient (Wildman–Crippen LogP) is 3.96. The number of nitrogens with two attached hydrogens (primary N) is 1. The van der Waals surface area contributed by atoms with E-state index in [-0.39, 0.29) is 46.6 Å². The van der Waals surface area contributed by atoms with Crippen LogP contribution in [0.25, 0.3) is 0 Å². The molecule has 1 aromatic carbocycles. The minimum Gasteiger partial charge on any atom is -0.444 e. The maximum atomic E-state index is 15.0. The van der Waals surface area contributed by atoms with Crippen LogP contribution < -0.4 is 10.6 Å². The van der Waals surface area contributed by atoms with Gasteiger partial charge in [0, 0.05) is 23.9 Å². The number of fused-ring (bicyclic) bond motifs is 3. The summed E-state index contributed by atoms with van der Waals surface area (Å²) >= 11 is 0. The molecule has 1 saturated carbocycles. The van der Waals surface area contributed by atoms with E-state index in [0.717, 1.165) is 37.7 Å². The maximum Gasteiger partial charge on any atom is 0.248 e. The number of amides is 1. The standard InChI is InChI=1S/C25H24FN3O3/c1-13-11-24(7-2-3-8-24)29-21-15(13)9-14(26)10-16(21)25(23(29)31)17(12-27)22(28)32-19-6-4-5-18(30)20(19)25/h9-10,13H,2-8,11,28H2,1H3/t13-,25+/m1/s1. The van der Waals surface area contributed by atoms with Gasteiger partial charge in [-0.15, -0.1) is 0 Å². The molecule has 0 radical (unpaired) electrons. The third kappa shape index (κ3) is 2.08. The van der Waals surface area contributed by atoms with E-state index in [9.17, 15) is 14.9 Å². The van der Waals surface area contributed by atoms with Crippen LogP contribution in [0.4, 0.5) is 10.1 Å². The van der Waals surface area contributed by atoms with Crippen molar-refractivity contribution < 1.29 is 18.7 Å². The van der Waals surface area contributed by atoms with Crippen LogP contribution in [0.1, 0.15) is 75.3 Å². The molecular weight excluding hydrogens is 409 g/mol. The fourth-order valence-electron chi connectivity index (χ4n) is 7.05. The summed E-state index contributed by atoms with van der Waals surface area (Å²) in [7, 11) is 0. The number of carbonyl (C=O) groups excluding carboxylic acids is 2. The van der Waals surface area contributed by atoms with Crippen LogP contribution in [-0.4, -0.2) is 17.2 Å². The first kappa shape index (κ1) is 19.5. The third-order valence-corrected chi connectivity index (χ3v) is 8.19. The second-order valence-electron chi connectivity index (χ2n) is 9.85. The summed E-state index contributed by atoms with van der Waals surface area (Å²) in [4.78, 5) is 29.7. The van der Waals surface area contributed by atoms with Crippen molar-refractivity contribution >= 4 is 17.4 Å². The summed E-state index contributed by atoms with van der Waals surface area (Å²) in [6, 6.07) is 4.91. The molecular formula is C25H24FN3O3. The number of allylic oxidation sites excluding steroid dienone is 1. The van der Waals surface area contributed by atoms with Crippen molar-refractivity contribution in [2.45, 2.75) is 75.2 Å². The highest BCUT2D eigenvalue weighted by Gasteiger charge is 2.66. The summed E-state index contributed by atoms with van der Waals surface area (Å²) in [6.45, 7) is 2.07. The first-order chi connectivity index (χ1) is 15.3. The Bertz CT molecular complexity index is 1220. The molecule has 2 atom stereocenters. The average Bonchev–Trinajstić information content (AvgIpc) is 3.30. The number of hydrogen-bond donors (Lipinski definition) is 1. The van der Waals surface area contributed by atoms with Crippen molar-refractivity contribution in [3.8, 4) is 6.07 Å². The molecule has 1 amide bonds. The van der Waals surface area contributed by atoms with Gasteiger partial charge in [-0.3, -0.25) is 9.59 Å². The minimum absolute atomic E-state index is 0.0546. The molecule has 0 saturated heterocycles. The molecule has 2 spiro atoms. The minimum atomic E-state index is -1.73. The van der Waals surface area contributed by atoms with Crippen molar-refractivity contribution in [3.05, 3.63) is 51.9 Å². The van der Waals surface area contributed by atoms with Crippen LogP contribution in [0, 0.1) is 17.1 Å². The summed E-state index contributed by atoms with van der Waals surface area (Å²) < 4.78 is 20.8. The Morgan fingerprint density at radius 2 is 1.97 bits per heavy atom. The predicted molar refractivity (Wildman–Crippen MR) is 114 cm³/mol. The van der Waals surface area contributed by atoms with Crippen molar-refractivity contribution in [1.29, 1.82) is 5.26 Å². The van der Waals surface area contributed by atoms with Gasteiger partial charge in [-0.2, -0.15) is 5.26 Å². The molecule has 2 aliphatic carbocycles. The normalized spacial score (nSPS) is 30.0. The van der Waals surface area contributed by atoms with E-state index in [2.05, 4.69) is 13.0 Å². The SMILES string of the molecule is C[C@@H]1CC2(CCCC2)N2C(=O)[C@]3(C(C#N)=C(N)OC4=C3C(=O)CCC4)c3cc(F)cc1c32. The summed E-state index contributed by atoms with van der Waals surface area (Å²) in [5.74, 6) is -0.822. The molecule has 32 heavy (non-hydrogen) atoms. The van der Waals surface area contributed by atoms with Crippen molar-refractivity contribution in [3.63, 3.8) is 0 Å². The molecule has 2 N–H and O–H groups in total. The van der Waals surface area contributed by atoms with E-state index in [0.29, 0.717) is 29.9 Å². The lowest BCUT2D eigenvalue weighted by atomic mass is 9.65.